The Morgan fingerprint density at radius 2 is 2.35 bits per heavy atom. The number of nitrogens with zero attached hydrogens (tertiary/aromatic N) is 1. The maximum absolute atomic E-state index is 12.5. The highest BCUT2D eigenvalue weighted by Gasteiger charge is 2.30. The number of nitrogens with one attached hydrogen (secondary N) is 2. The molecule has 3 rings (SSSR count). The Kier molecular flexibility index (Phi) is 5.13. The van der Waals surface area contributed by atoms with Crippen LogP contribution in [-0.4, -0.2) is 48.1 Å². The molecule has 0 spiro atoms. The number of amides is 1. The summed E-state index contributed by atoms with van der Waals surface area (Å²) in [5, 5.41) is 10.2. The van der Waals surface area contributed by atoms with Gasteiger partial charge in [0.2, 0.25) is 0 Å². The van der Waals surface area contributed by atoms with Crippen molar-refractivity contribution in [2.24, 2.45) is 0 Å². The van der Waals surface area contributed by atoms with Crippen LogP contribution < -0.4 is 5.32 Å². The van der Waals surface area contributed by atoms with Gasteiger partial charge in [-0.15, -0.1) is 0 Å². The van der Waals surface area contributed by atoms with Crippen molar-refractivity contribution in [1.82, 2.24) is 15.5 Å². The van der Waals surface area contributed by atoms with Gasteiger partial charge >= 0.3 is 0 Å². The lowest BCUT2D eigenvalue weighted by Crippen LogP contribution is -2.50. The lowest BCUT2D eigenvalue weighted by Gasteiger charge is -2.31. The fraction of sp³-hybridized carbons (Fsp3) is 0.647. The van der Waals surface area contributed by atoms with Crippen molar-refractivity contribution in [3.05, 3.63) is 28.6 Å². The molecule has 1 saturated heterocycles. The number of aryl methyl sites for hydroxylation is 1. The van der Waals surface area contributed by atoms with Gasteiger partial charge in [-0.2, -0.15) is 5.10 Å². The van der Waals surface area contributed by atoms with Crippen LogP contribution in [0.25, 0.3) is 0 Å². The quantitative estimate of drug-likeness (QED) is 0.811. The SMILES string of the molecule is CC(C)=CCO[C@H]1CCOC[C@H]1NC(=O)c1n[nH]c2c1CCC2. The van der Waals surface area contributed by atoms with Gasteiger partial charge in [-0.1, -0.05) is 11.6 Å². The molecule has 1 aliphatic heterocycles. The molecule has 1 aromatic heterocycles. The number of hydrogen-bond acceptors (Lipinski definition) is 4. The summed E-state index contributed by atoms with van der Waals surface area (Å²) in [6.45, 7) is 5.81. The van der Waals surface area contributed by atoms with Gasteiger partial charge in [0.25, 0.3) is 5.91 Å². The number of hydrogen-bond donors (Lipinski definition) is 2. The molecule has 0 saturated carbocycles. The highest BCUT2D eigenvalue weighted by molar-refractivity contribution is 5.94. The first-order chi connectivity index (χ1) is 11.1. The molecule has 23 heavy (non-hydrogen) atoms. The number of aromatic amines is 1. The van der Waals surface area contributed by atoms with Crippen molar-refractivity contribution in [2.75, 3.05) is 19.8 Å². The van der Waals surface area contributed by atoms with Gasteiger partial charge < -0.3 is 14.8 Å². The molecule has 6 nitrogen and oxygen atoms in total. The zero-order chi connectivity index (χ0) is 16.2. The zero-order valence-corrected chi connectivity index (χ0v) is 13.9. The highest BCUT2D eigenvalue weighted by Crippen LogP contribution is 2.23. The van der Waals surface area contributed by atoms with E-state index in [4.69, 9.17) is 9.47 Å². The third-order valence-corrected chi connectivity index (χ3v) is 4.43. The molecule has 126 valence electrons. The second-order valence-electron chi connectivity index (χ2n) is 6.48. The number of allylic oxidation sites excluding steroid dienone is 1. The minimum atomic E-state index is -0.129. The lowest BCUT2D eigenvalue weighted by molar-refractivity contribution is -0.0457. The van der Waals surface area contributed by atoms with E-state index in [1.807, 2.05) is 13.8 Å². The third kappa shape index (κ3) is 3.82. The monoisotopic (exact) mass is 319 g/mol. The van der Waals surface area contributed by atoms with Gasteiger partial charge in [-0.05, 0) is 39.5 Å². The van der Waals surface area contributed by atoms with Crippen molar-refractivity contribution in [1.29, 1.82) is 0 Å². The molecule has 1 amide bonds. The lowest BCUT2D eigenvalue weighted by atomic mass is 10.1. The number of fused-ring (bicyclic) bond motifs is 1. The number of carbonyl (C=O) groups is 1. The summed E-state index contributed by atoms with van der Waals surface area (Å²) < 4.78 is 11.4. The highest BCUT2D eigenvalue weighted by atomic mass is 16.5. The van der Waals surface area contributed by atoms with Crippen LogP contribution >= 0.6 is 0 Å². The summed E-state index contributed by atoms with van der Waals surface area (Å²) >= 11 is 0. The first-order valence-corrected chi connectivity index (χ1v) is 8.35. The van der Waals surface area contributed by atoms with E-state index >= 15 is 0 Å². The Bertz CT molecular complexity index is 590. The predicted octanol–water partition coefficient (Wildman–Crippen LogP) is 1.77. The minimum absolute atomic E-state index is 0.0182. The molecule has 1 aliphatic carbocycles. The van der Waals surface area contributed by atoms with Crippen LogP contribution in [0.1, 0.15) is 48.4 Å². The molecular weight excluding hydrogens is 294 g/mol. The van der Waals surface area contributed by atoms with Gasteiger partial charge in [0.15, 0.2) is 5.69 Å². The molecule has 2 heterocycles. The van der Waals surface area contributed by atoms with E-state index in [0.29, 0.717) is 25.5 Å². The number of rotatable bonds is 5. The van der Waals surface area contributed by atoms with Crippen LogP contribution in [0.5, 0.6) is 0 Å². The molecule has 0 bridgehead atoms. The van der Waals surface area contributed by atoms with Crippen molar-refractivity contribution in [3.8, 4) is 0 Å². The van der Waals surface area contributed by atoms with Crippen LogP contribution in [0, 0.1) is 0 Å². The van der Waals surface area contributed by atoms with Crippen molar-refractivity contribution < 1.29 is 14.3 Å². The van der Waals surface area contributed by atoms with Crippen LogP contribution in [0.4, 0.5) is 0 Å². The van der Waals surface area contributed by atoms with E-state index in [-0.39, 0.29) is 18.1 Å². The zero-order valence-electron chi connectivity index (χ0n) is 13.9. The predicted molar refractivity (Wildman–Crippen MR) is 86.5 cm³/mol. The Morgan fingerprint density at radius 3 is 3.17 bits per heavy atom. The Morgan fingerprint density at radius 1 is 1.48 bits per heavy atom. The maximum atomic E-state index is 12.5. The summed E-state index contributed by atoms with van der Waals surface area (Å²) in [5.74, 6) is -0.129. The van der Waals surface area contributed by atoms with Crippen LogP contribution in [0.15, 0.2) is 11.6 Å². The molecular formula is C17H25N3O3. The topological polar surface area (TPSA) is 76.2 Å². The molecule has 2 N–H and O–H groups in total. The molecule has 1 fully saturated rings. The molecule has 0 unspecified atom stereocenters. The Balaban J connectivity index is 1.62. The van der Waals surface area contributed by atoms with E-state index in [1.54, 1.807) is 0 Å². The van der Waals surface area contributed by atoms with E-state index in [9.17, 15) is 4.79 Å². The summed E-state index contributed by atoms with van der Waals surface area (Å²) in [4.78, 5) is 12.5. The van der Waals surface area contributed by atoms with E-state index in [1.165, 1.54) is 5.57 Å². The summed E-state index contributed by atoms with van der Waals surface area (Å²) in [7, 11) is 0. The van der Waals surface area contributed by atoms with E-state index in [0.717, 1.165) is 36.9 Å². The maximum Gasteiger partial charge on any atom is 0.272 e. The smallest absolute Gasteiger partial charge is 0.272 e. The molecule has 6 heteroatoms. The largest absolute Gasteiger partial charge is 0.379 e. The van der Waals surface area contributed by atoms with Gasteiger partial charge in [-0.25, -0.2) is 0 Å². The fourth-order valence-electron chi connectivity index (χ4n) is 3.13. The minimum Gasteiger partial charge on any atom is -0.379 e. The first-order valence-electron chi connectivity index (χ1n) is 8.35. The number of ether oxygens (including phenoxy) is 2. The molecule has 2 atom stereocenters. The molecule has 0 aromatic carbocycles. The first kappa shape index (κ1) is 16.2. The van der Waals surface area contributed by atoms with E-state index < -0.39 is 0 Å². The standard InChI is InChI=1S/C17H25N3O3/c1-11(2)6-9-23-15-7-8-22-10-14(15)18-17(21)16-12-4-3-5-13(12)19-20-16/h6,14-15H,3-5,7-10H2,1-2H3,(H,18,21)(H,19,20)/t14-,15+/m1/s1. The average molecular weight is 319 g/mol. The normalized spacial score (nSPS) is 23.4. The average Bonchev–Trinajstić information content (AvgIpc) is 3.11. The number of aromatic nitrogens is 2. The van der Waals surface area contributed by atoms with Crippen molar-refractivity contribution >= 4 is 5.91 Å². The van der Waals surface area contributed by atoms with E-state index in [2.05, 4.69) is 21.6 Å². The van der Waals surface area contributed by atoms with Gasteiger partial charge in [0, 0.05) is 17.9 Å². The fourth-order valence-corrected chi connectivity index (χ4v) is 3.13. The Hall–Kier alpha value is -1.66. The van der Waals surface area contributed by atoms with Gasteiger partial charge in [0.05, 0.1) is 25.4 Å². The van der Waals surface area contributed by atoms with Crippen LogP contribution in [0.2, 0.25) is 0 Å². The molecule has 0 radical (unpaired) electrons. The number of carbonyl (C=O) groups excluding carboxylic acids is 1. The van der Waals surface area contributed by atoms with Crippen molar-refractivity contribution in [2.45, 2.75) is 51.7 Å². The number of H-pyrrole nitrogens is 1. The molecule has 1 aromatic rings. The van der Waals surface area contributed by atoms with Crippen LogP contribution in [-0.2, 0) is 22.3 Å². The summed E-state index contributed by atoms with van der Waals surface area (Å²) in [6, 6.07) is -0.129. The summed E-state index contributed by atoms with van der Waals surface area (Å²) in [5.41, 5.74) is 3.93. The van der Waals surface area contributed by atoms with Crippen molar-refractivity contribution in [3.63, 3.8) is 0 Å². The summed E-state index contributed by atoms with van der Waals surface area (Å²) in [6.07, 6.45) is 5.82. The Labute approximate surface area is 136 Å². The molecule has 2 aliphatic rings. The second kappa shape index (κ2) is 7.27. The second-order valence-corrected chi connectivity index (χ2v) is 6.48. The van der Waals surface area contributed by atoms with Gasteiger partial charge in [0.1, 0.15) is 0 Å². The van der Waals surface area contributed by atoms with Gasteiger partial charge in [-0.3, -0.25) is 9.89 Å². The van der Waals surface area contributed by atoms with Crippen LogP contribution in [0.3, 0.4) is 0 Å². The third-order valence-electron chi connectivity index (χ3n) is 4.43.